The van der Waals surface area contributed by atoms with Crippen LogP contribution in [-0.2, 0) is 6.18 Å². The molecule has 10 heteroatoms. The van der Waals surface area contributed by atoms with E-state index in [4.69, 9.17) is 5.73 Å². The van der Waals surface area contributed by atoms with Crippen LogP contribution in [0.4, 0.5) is 24.5 Å². The molecule has 0 aliphatic rings. The van der Waals surface area contributed by atoms with E-state index in [1.807, 2.05) is 0 Å². The van der Waals surface area contributed by atoms with Gasteiger partial charge in [-0.2, -0.15) is 13.2 Å². The summed E-state index contributed by atoms with van der Waals surface area (Å²) in [4.78, 5) is 9.77. The fraction of sp³-hybridized carbons (Fsp3) is 0.125. The molecule has 1 rings (SSSR count). The molecule has 0 fully saturated rings. The van der Waals surface area contributed by atoms with Crippen molar-refractivity contribution in [2.24, 2.45) is 5.73 Å². The molecule has 0 aliphatic carbocycles. The second-order valence-corrected chi connectivity index (χ2v) is 4.39. The first-order chi connectivity index (χ1) is 8.12. The van der Waals surface area contributed by atoms with Gasteiger partial charge in [-0.15, -0.1) is 0 Å². The van der Waals surface area contributed by atoms with Crippen LogP contribution in [0.2, 0.25) is 0 Å². The van der Waals surface area contributed by atoms with Crippen LogP contribution in [-0.4, -0.2) is 10.0 Å². The van der Waals surface area contributed by atoms with Crippen LogP contribution in [0.1, 0.15) is 5.56 Å². The van der Waals surface area contributed by atoms with E-state index in [2.05, 4.69) is 33.5 Å². The van der Waals surface area contributed by atoms with Crippen molar-refractivity contribution in [2.45, 2.75) is 6.18 Å². The second-order valence-electron chi connectivity index (χ2n) is 3.10. The molecule has 1 aromatic rings. The average molecular weight is 344 g/mol. The van der Waals surface area contributed by atoms with Crippen LogP contribution < -0.4 is 11.1 Å². The van der Waals surface area contributed by atoms with Gasteiger partial charge >= 0.3 is 6.18 Å². The van der Waals surface area contributed by atoms with Crippen LogP contribution in [0.15, 0.2) is 16.6 Å². The summed E-state index contributed by atoms with van der Waals surface area (Å²) >= 11 is 7.30. The minimum absolute atomic E-state index is 0.156. The minimum Gasteiger partial charge on any atom is -0.376 e. The highest BCUT2D eigenvalue weighted by Gasteiger charge is 2.34. The zero-order valence-electron chi connectivity index (χ0n) is 8.42. The quantitative estimate of drug-likeness (QED) is 0.490. The number of alkyl halides is 3. The molecule has 0 aliphatic heterocycles. The van der Waals surface area contributed by atoms with Gasteiger partial charge in [0.2, 0.25) is 0 Å². The van der Waals surface area contributed by atoms with Gasteiger partial charge in [0.25, 0.3) is 5.69 Å². The molecule has 0 saturated heterocycles. The number of rotatable bonds is 2. The summed E-state index contributed by atoms with van der Waals surface area (Å²) in [6, 6.07) is 1.11. The van der Waals surface area contributed by atoms with Crippen molar-refractivity contribution < 1.29 is 18.1 Å². The molecule has 0 unspecified atom stereocenters. The van der Waals surface area contributed by atoms with Crippen molar-refractivity contribution in [1.82, 2.24) is 0 Å². The lowest BCUT2D eigenvalue weighted by atomic mass is 10.1. The topological polar surface area (TPSA) is 81.2 Å². The Balaban J connectivity index is 3.45. The summed E-state index contributed by atoms with van der Waals surface area (Å²) in [7, 11) is 0. The molecule has 1 aromatic carbocycles. The lowest BCUT2D eigenvalue weighted by Gasteiger charge is -2.11. The first-order valence-corrected chi connectivity index (χ1v) is 5.44. The third-order valence-electron chi connectivity index (χ3n) is 1.84. The number of hydrogen-bond acceptors (Lipinski definition) is 3. The Morgan fingerprint density at radius 3 is 2.44 bits per heavy atom. The normalized spacial score (nSPS) is 11.1. The Kier molecular flexibility index (Phi) is 4.12. The number of nitrogens with one attached hydrogen (secondary N) is 1. The van der Waals surface area contributed by atoms with Crippen LogP contribution in [0.3, 0.4) is 0 Å². The van der Waals surface area contributed by atoms with Crippen molar-refractivity contribution >= 4 is 44.6 Å². The average Bonchev–Trinajstić information content (AvgIpc) is 2.17. The minimum atomic E-state index is -4.69. The molecule has 0 radical (unpaired) electrons. The predicted molar refractivity (Wildman–Crippen MR) is 66.2 cm³/mol. The number of thiocarbonyl (C=S) groups is 1. The molecule has 0 bridgehead atoms. The SMILES string of the molecule is NC(=S)Nc1c(Br)cc(C(F)(F)F)cc1[N+](=O)[O-]. The predicted octanol–water partition coefficient (Wildman–Crippen LogP) is 3.03. The Hall–Kier alpha value is -1.42. The Labute approximate surface area is 112 Å². The van der Waals surface area contributed by atoms with Gasteiger partial charge in [0, 0.05) is 10.5 Å². The zero-order chi connectivity index (χ0) is 14.1. The summed E-state index contributed by atoms with van der Waals surface area (Å²) in [6.45, 7) is 0. The Morgan fingerprint density at radius 2 is 2.06 bits per heavy atom. The van der Waals surface area contributed by atoms with E-state index in [1.165, 1.54) is 0 Å². The van der Waals surface area contributed by atoms with Crippen LogP contribution >= 0.6 is 28.1 Å². The molecular weight excluding hydrogens is 339 g/mol. The zero-order valence-corrected chi connectivity index (χ0v) is 10.8. The van der Waals surface area contributed by atoms with E-state index in [0.29, 0.717) is 12.1 Å². The summed E-state index contributed by atoms with van der Waals surface area (Å²) < 4.78 is 37.3. The fourth-order valence-corrected chi connectivity index (χ4v) is 1.80. The second kappa shape index (κ2) is 5.06. The summed E-state index contributed by atoms with van der Waals surface area (Å²) in [5.74, 6) is 0. The van der Waals surface area contributed by atoms with Gasteiger partial charge in [0.15, 0.2) is 5.11 Å². The Morgan fingerprint density at radius 1 is 1.50 bits per heavy atom. The van der Waals surface area contributed by atoms with Gasteiger partial charge < -0.3 is 11.1 Å². The highest BCUT2D eigenvalue weighted by Crippen LogP contribution is 2.39. The van der Waals surface area contributed by atoms with E-state index in [-0.39, 0.29) is 15.3 Å². The van der Waals surface area contributed by atoms with Crippen LogP contribution in [0, 0.1) is 10.1 Å². The molecule has 0 spiro atoms. The van der Waals surface area contributed by atoms with E-state index in [1.54, 1.807) is 0 Å². The van der Waals surface area contributed by atoms with Gasteiger partial charge in [-0.3, -0.25) is 10.1 Å². The maximum Gasteiger partial charge on any atom is 0.416 e. The van der Waals surface area contributed by atoms with Crippen molar-refractivity contribution in [1.29, 1.82) is 0 Å². The molecule has 5 nitrogen and oxygen atoms in total. The van der Waals surface area contributed by atoms with Gasteiger partial charge in [-0.25, -0.2) is 0 Å². The molecule has 0 saturated carbocycles. The molecular formula is C8H5BrF3N3O2S. The Bertz CT molecular complexity index is 521. The van der Waals surface area contributed by atoms with Crippen LogP contribution in [0.5, 0.6) is 0 Å². The number of nitro benzene ring substituents is 1. The standard InChI is InChI=1S/C8H5BrF3N3O2S/c9-4-1-3(8(10,11)12)2-5(15(16)17)6(4)14-7(13)18/h1-2H,(H3,13,14,18). The van der Waals surface area contributed by atoms with Crippen molar-refractivity contribution in [3.8, 4) is 0 Å². The lowest BCUT2D eigenvalue weighted by Crippen LogP contribution is -2.20. The molecule has 0 amide bonds. The monoisotopic (exact) mass is 343 g/mol. The van der Waals surface area contributed by atoms with Crippen molar-refractivity contribution in [2.75, 3.05) is 5.32 Å². The number of hydrogen-bond donors (Lipinski definition) is 2. The van der Waals surface area contributed by atoms with Crippen molar-refractivity contribution in [3.63, 3.8) is 0 Å². The number of anilines is 1. The van der Waals surface area contributed by atoms with Gasteiger partial charge in [-0.1, -0.05) is 0 Å². The third-order valence-corrected chi connectivity index (χ3v) is 2.57. The molecule has 98 valence electrons. The summed E-state index contributed by atoms with van der Waals surface area (Å²) in [5.41, 5.74) is 3.00. The smallest absolute Gasteiger partial charge is 0.376 e. The number of nitro groups is 1. The number of nitrogens with zero attached hydrogens (tertiary/aromatic N) is 1. The maximum atomic E-state index is 12.5. The highest BCUT2D eigenvalue weighted by molar-refractivity contribution is 9.10. The number of benzene rings is 1. The van der Waals surface area contributed by atoms with Crippen molar-refractivity contribution in [3.05, 3.63) is 32.3 Å². The van der Waals surface area contributed by atoms with E-state index >= 15 is 0 Å². The van der Waals surface area contributed by atoms with E-state index in [0.717, 1.165) is 0 Å². The van der Waals surface area contributed by atoms with Gasteiger partial charge in [0.05, 0.1) is 10.5 Å². The third kappa shape index (κ3) is 3.29. The first-order valence-electron chi connectivity index (χ1n) is 4.24. The molecule has 0 atom stereocenters. The largest absolute Gasteiger partial charge is 0.416 e. The molecule has 18 heavy (non-hydrogen) atoms. The molecule has 3 N–H and O–H groups in total. The summed E-state index contributed by atoms with van der Waals surface area (Å²) in [5, 5.41) is 12.7. The van der Waals surface area contributed by atoms with E-state index in [9.17, 15) is 23.3 Å². The fourth-order valence-electron chi connectivity index (χ4n) is 1.15. The maximum absolute atomic E-state index is 12.5. The number of halogens is 4. The lowest BCUT2D eigenvalue weighted by molar-refractivity contribution is -0.384. The van der Waals surface area contributed by atoms with E-state index < -0.39 is 22.4 Å². The van der Waals surface area contributed by atoms with Gasteiger partial charge in [0.1, 0.15) is 5.69 Å². The van der Waals surface area contributed by atoms with Crippen LogP contribution in [0.25, 0.3) is 0 Å². The number of nitrogens with two attached hydrogens (primary N) is 1. The highest BCUT2D eigenvalue weighted by atomic mass is 79.9. The molecule has 0 heterocycles. The molecule has 0 aromatic heterocycles. The summed E-state index contributed by atoms with van der Waals surface area (Å²) in [6.07, 6.45) is -4.69. The van der Waals surface area contributed by atoms with Gasteiger partial charge in [-0.05, 0) is 34.2 Å². The first kappa shape index (κ1) is 14.6.